The highest BCUT2D eigenvalue weighted by molar-refractivity contribution is 5.71. The molecule has 0 aromatic heterocycles. The molecule has 0 atom stereocenters. The van der Waals surface area contributed by atoms with Gasteiger partial charge in [-0.3, -0.25) is 0 Å². The van der Waals surface area contributed by atoms with E-state index < -0.39 is 0 Å². The smallest absolute Gasteiger partial charge is 0.123 e. The van der Waals surface area contributed by atoms with Crippen LogP contribution in [0.5, 0.6) is 11.5 Å². The molecule has 0 saturated carbocycles. The maximum Gasteiger partial charge on any atom is 0.123 e. The Morgan fingerprint density at radius 3 is 1.19 bits per heavy atom. The van der Waals surface area contributed by atoms with Crippen molar-refractivity contribution in [2.24, 2.45) is 0 Å². The van der Waals surface area contributed by atoms with Gasteiger partial charge in [0.2, 0.25) is 0 Å². The quantitative estimate of drug-likeness (QED) is 0.471. The molecule has 2 N–H and O–H groups in total. The van der Waals surface area contributed by atoms with Crippen LogP contribution in [-0.4, -0.2) is 10.2 Å². The standard InChI is InChI=1S/C25H20O2/c26-24-7-3-1-5-22(24)20-13-9-18(10-14-20)17-19-11-15-21(16-12-19)23-6-2-4-8-25(23)27/h1-16,26-27H,17H2. The van der Waals surface area contributed by atoms with Crippen LogP contribution in [0.25, 0.3) is 22.3 Å². The van der Waals surface area contributed by atoms with Crippen LogP contribution in [0.1, 0.15) is 11.1 Å². The minimum atomic E-state index is 0.296. The van der Waals surface area contributed by atoms with Gasteiger partial charge in [-0.25, -0.2) is 0 Å². The van der Waals surface area contributed by atoms with Gasteiger partial charge in [-0.2, -0.15) is 0 Å². The van der Waals surface area contributed by atoms with Crippen LogP contribution < -0.4 is 0 Å². The van der Waals surface area contributed by atoms with Crippen LogP contribution in [0.15, 0.2) is 97.1 Å². The lowest BCUT2D eigenvalue weighted by Crippen LogP contribution is -1.89. The summed E-state index contributed by atoms with van der Waals surface area (Å²) < 4.78 is 0. The Morgan fingerprint density at radius 1 is 0.444 bits per heavy atom. The van der Waals surface area contributed by atoms with Gasteiger partial charge < -0.3 is 10.2 Å². The van der Waals surface area contributed by atoms with Crippen LogP contribution in [0.3, 0.4) is 0 Å². The van der Waals surface area contributed by atoms with Gasteiger partial charge in [0.15, 0.2) is 0 Å². The van der Waals surface area contributed by atoms with Crippen molar-refractivity contribution in [1.82, 2.24) is 0 Å². The monoisotopic (exact) mass is 352 g/mol. The summed E-state index contributed by atoms with van der Waals surface area (Å²) in [6, 6.07) is 31.3. The zero-order valence-electron chi connectivity index (χ0n) is 14.8. The largest absolute Gasteiger partial charge is 0.507 e. The van der Waals surface area contributed by atoms with Crippen LogP contribution in [0.4, 0.5) is 0 Å². The molecule has 0 spiro atoms. The minimum absolute atomic E-state index is 0.296. The molecule has 0 fully saturated rings. The predicted molar refractivity (Wildman–Crippen MR) is 110 cm³/mol. The van der Waals surface area contributed by atoms with E-state index in [1.165, 1.54) is 11.1 Å². The molecule has 2 heteroatoms. The molecule has 0 radical (unpaired) electrons. The van der Waals surface area contributed by atoms with Crippen molar-refractivity contribution in [2.75, 3.05) is 0 Å². The summed E-state index contributed by atoms with van der Waals surface area (Å²) in [6.45, 7) is 0. The SMILES string of the molecule is Oc1ccccc1-c1ccc(Cc2ccc(-c3ccccc3O)cc2)cc1. The number of benzene rings is 4. The van der Waals surface area contributed by atoms with E-state index in [0.29, 0.717) is 11.5 Å². The average molecular weight is 352 g/mol. The van der Waals surface area contributed by atoms with Gasteiger partial charge in [-0.15, -0.1) is 0 Å². The second kappa shape index (κ2) is 7.38. The maximum atomic E-state index is 9.99. The van der Waals surface area contributed by atoms with Crippen molar-refractivity contribution in [1.29, 1.82) is 0 Å². The Labute approximate surface area is 159 Å². The van der Waals surface area contributed by atoms with E-state index in [9.17, 15) is 10.2 Å². The fourth-order valence-electron chi connectivity index (χ4n) is 3.28. The first-order valence-corrected chi connectivity index (χ1v) is 8.95. The molecule has 0 unspecified atom stereocenters. The lowest BCUT2D eigenvalue weighted by Gasteiger charge is -2.08. The number of aromatic hydroxyl groups is 2. The molecule has 4 rings (SSSR count). The molecule has 0 bridgehead atoms. The molecule has 0 amide bonds. The van der Waals surface area contributed by atoms with Crippen LogP contribution in [0, 0.1) is 0 Å². The van der Waals surface area contributed by atoms with Gasteiger partial charge >= 0.3 is 0 Å². The summed E-state index contributed by atoms with van der Waals surface area (Å²) in [6.07, 6.45) is 0.835. The third-order valence-electron chi connectivity index (χ3n) is 4.75. The highest BCUT2D eigenvalue weighted by Crippen LogP contribution is 2.30. The first-order valence-electron chi connectivity index (χ1n) is 8.95. The van der Waals surface area contributed by atoms with Crippen LogP contribution >= 0.6 is 0 Å². The molecule has 0 saturated heterocycles. The molecule has 2 nitrogen and oxygen atoms in total. The molecule has 0 aliphatic heterocycles. The van der Waals surface area contributed by atoms with Crippen LogP contribution in [0.2, 0.25) is 0 Å². The van der Waals surface area contributed by atoms with Gasteiger partial charge in [-0.1, -0.05) is 84.9 Å². The molecule has 0 heterocycles. The Morgan fingerprint density at radius 2 is 0.815 bits per heavy atom. The van der Waals surface area contributed by atoms with E-state index in [1.807, 2.05) is 60.7 Å². The Kier molecular flexibility index (Phi) is 4.63. The lowest BCUT2D eigenvalue weighted by atomic mass is 9.98. The zero-order valence-corrected chi connectivity index (χ0v) is 14.8. The van der Waals surface area contributed by atoms with E-state index in [2.05, 4.69) is 24.3 Å². The normalized spacial score (nSPS) is 10.7. The number of rotatable bonds is 4. The highest BCUT2D eigenvalue weighted by Gasteiger charge is 2.05. The number of para-hydroxylation sites is 2. The van der Waals surface area contributed by atoms with Gasteiger partial charge in [0.05, 0.1) is 0 Å². The minimum Gasteiger partial charge on any atom is -0.507 e. The van der Waals surface area contributed by atoms with Crippen molar-refractivity contribution >= 4 is 0 Å². The van der Waals surface area contributed by atoms with Gasteiger partial charge in [0.25, 0.3) is 0 Å². The maximum absolute atomic E-state index is 9.99. The third-order valence-corrected chi connectivity index (χ3v) is 4.75. The summed E-state index contributed by atoms with van der Waals surface area (Å²) in [5.41, 5.74) is 6.12. The molecule has 132 valence electrons. The lowest BCUT2D eigenvalue weighted by molar-refractivity contribution is 0.477. The highest BCUT2D eigenvalue weighted by atomic mass is 16.3. The zero-order chi connectivity index (χ0) is 18.6. The van der Waals surface area contributed by atoms with Gasteiger partial charge in [-0.05, 0) is 40.8 Å². The average Bonchev–Trinajstić information content (AvgIpc) is 2.70. The van der Waals surface area contributed by atoms with Crippen LogP contribution in [-0.2, 0) is 6.42 Å². The number of phenolic OH excluding ortho intramolecular Hbond substituents is 2. The van der Waals surface area contributed by atoms with Crippen molar-refractivity contribution in [2.45, 2.75) is 6.42 Å². The van der Waals surface area contributed by atoms with E-state index in [1.54, 1.807) is 12.1 Å². The fraction of sp³-hybridized carbons (Fsp3) is 0.0400. The molecule has 27 heavy (non-hydrogen) atoms. The Balaban J connectivity index is 1.51. The second-order valence-electron chi connectivity index (χ2n) is 6.60. The second-order valence-corrected chi connectivity index (χ2v) is 6.60. The van der Waals surface area contributed by atoms with E-state index in [4.69, 9.17) is 0 Å². The Bertz CT molecular complexity index is 961. The molecular formula is C25H20O2. The first kappa shape index (κ1) is 16.9. The summed E-state index contributed by atoms with van der Waals surface area (Å²) in [5.74, 6) is 0.593. The molecular weight excluding hydrogens is 332 g/mol. The summed E-state index contributed by atoms with van der Waals surface area (Å²) in [4.78, 5) is 0. The fourth-order valence-corrected chi connectivity index (χ4v) is 3.28. The van der Waals surface area contributed by atoms with Crippen molar-refractivity contribution < 1.29 is 10.2 Å². The van der Waals surface area contributed by atoms with Gasteiger partial charge in [0, 0.05) is 11.1 Å². The summed E-state index contributed by atoms with van der Waals surface area (Å²) in [7, 11) is 0. The molecule has 4 aromatic rings. The molecule has 0 aliphatic rings. The van der Waals surface area contributed by atoms with E-state index in [-0.39, 0.29) is 0 Å². The van der Waals surface area contributed by atoms with Gasteiger partial charge in [0.1, 0.15) is 11.5 Å². The number of hydrogen-bond acceptors (Lipinski definition) is 2. The molecule has 4 aromatic carbocycles. The summed E-state index contributed by atoms with van der Waals surface area (Å²) in [5, 5.41) is 20.0. The summed E-state index contributed by atoms with van der Waals surface area (Å²) >= 11 is 0. The Hall–Kier alpha value is -3.52. The predicted octanol–water partition coefficient (Wildman–Crippen LogP) is 6.02. The number of hydrogen-bond donors (Lipinski definition) is 2. The van der Waals surface area contributed by atoms with Crippen molar-refractivity contribution in [3.63, 3.8) is 0 Å². The van der Waals surface area contributed by atoms with E-state index in [0.717, 1.165) is 28.7 Å². The van der Waals surface area contributed by atoms with E-state index >= 15 is 0 Å². The topological polar surface area (TPSA) is 40.5 Å². The van der Waals surface area contributed by atoms with Crippen molar-refractivity contribution in [3.8, 4) is 33.8 Å². The van der Waals surface area contributed by atoms with Crippen molar-refractivity contribution in [3.05, 3.63) is 108 Å². The first-order chi connectivity index (χ1) is 13.2. The molecule has 0 aliphatic carbocycles. The third kappa shape index (κ3) is 3.70. The number of phenols is 2.